The molecule has 0 bridgehead atoms. The van der Waals surface area contributed by atoms with E-state index in [9.17, 15) is 0 Å². The summed E-state index contributed by atoms with van der Waals surface area (Å²) in [5, 5.41) is 7.21. The Morgan fingerprint density at radius 2 is 1.15 bits per heavy atom. The smallest absolute Gasteiger partial charge is 0.160 e. The predicted molar refractivity (Wildman–Crippen MR) is 197 cm³/mol. The molecule has 0 saturated heterocycles. The van der Waals surface area contributed by atoms with Gasteiger partial charge in [-0.05, 0) is 68.9 Å². The van der Waals surface area contributed by atoms with Gasteiger partial charge in [-0.15, -0.1) is 0 Å². The number of nitrogens with zero attached hydrogens (tertiary/aromatic N) is 2. The summed E-state index contributed by atoms with van der Waals surface area (Å²) in [6.45, 7) is 2.19. The van der Waals surface area contributed by atoms with Crippen molar-refractivity contribution < 1.29 is 4.42 Å². The quantitative estimate of drug-likeness (QED) is 0.185. The number of allylic oxidation sites excluding steroid dienone is 1. The van der Waals surface area contributed by atoms with Crippen LogP contribution in [0.1, 0.15) is 30.0 Å². The van der Waals surface area contributed by atoms with Gasteiger partial charge in [-0.3, -0.25) is 0 Å². The zero-order valence-electron chi connectivity index (χ0n) is 25.9. The van der Waals surface area contributed by atoms with Crippen LogP contribution in [0.3, 0.4) is 0 Å². The summed E-state index contributed by atoms with van der Waals surface area (Å²) in [6, 6.07) is 53.3. The molecule has 0 radical (unpaired) electrons. The van der Waals surface area contributed by atoms with Crippen molar-refractivity contribution in [1.29, 1.82) is 0 Å². The van der Waals surface area contributed by atoms with E-state index in [-0.39, 0.29) is 0 Å². The molecule has 0 atom stereocenters. The van der Waals surface area contributed by atoms with E-state index in [1.165, 1.54) is 27.1 Å². The second-order valence-corrected chi connectivity index (χ2v) is 12.2. The minimum absolute atomic E-state index is 0.715. The molecule has 8 aromatic rings. The molecule has 47 heavy (non-hydrogen) atoms. The van der Waals surface area contributed by atoms with Gasteiger partial charge in [-0.25, -0.2) is 9.98 Å². The van der Waals surface area contributed by atoms with Gasteiger partial charge in [0.2, 0.25) is 0 Å². The Morgan fingerprint density at radius 3 is 2.00 bits per heavy atom. The molecule has 222 valence electrons. The maximum absolute atomic E-state index is 6.17. The Kier molecular flexibility index (Phi) is 6.43. The van der Waals surface area contributed by atoms with Gasteiger partial charge in [-0.1, -0.05) is 133 Å². The average molecular weight is 603 g/mol. The first-order chi connectivity index (χ1) is 23.2. The molecule has 1 aromatic heterocycles. The Balaban J connectivity index is 1.18. The molecule has 0 N–H and O–H groups in total. The Morgan fingerprint density at radius 1 is 0.489 bits per heavy atom. The van der Waals surface area contributed by atoms with Crippen LogP contribution in [0.15, 0.2) is 172 Å². The van der Waals surface area contributed by atoms with Gasteiger partial charge in [0.25, 0.3) is 0 Å². The number of hydrogen-bond acceptors (Lipinski definition) is 3. The van der Waals surface area contributed by atoms with Crippen molar-refractivity contribution in [1.82, 2.24) is 0 Å². The number of para-hydroxylation sites is 1. The first-order valence-electron chi connectivity index (χ1n) is 16.0. The van der Waals surface area contributed by atoms with Gasteiger partial charge in [0.05, 0.1) is 11.4 Å². The molecule has 2 heterocycles. The zero-order chi connectivity index (χ0) is 31.3. The van der Waals surface area contributed by atoms with Crippen LogP contribution < -0.4 is 0 Å². The minimum Gasteiger partial charge on any atom is -0.456 e. The number of benzene rings is 7. The standard InChI is InChI=1S/C44H30N2O/c1-28-26-39(32-11-3-2-4-12-32)45-44(46-43(28)34-25-22-31-19-18-29-10-5-6-13-35(29)38(31)27-34)33-23-20-30(21-24-33)36-15-9-17-41-42(36)37-14-7-8-16-40(37)47-41/h2-25,27H,26H2,1H3. The average Bonchev–Trinajstić information content (AvgIpc) is 3.42. The van der Waals surface area contributed by atoms with Crippen LogP contribution in [0.25, 0.3) is 60.3 Å². The molecular formula is C44H30N2O. The molecule has 3 nitrogen and oxygen atoms in total. The highest BCUT2D eigenvalue weighted by Gasteiger charge is 2.19. The number of hydrogen-bond donors (Lipinski definition) is 0. The van der Waals surface area contributed by atoms with Crippen LogP contribution in [0, 0.1) is 0 Å². The number of rotatable bonds is 4. The van der Waals surface area contributed by atoms with Crippen LogP contribution in [0.4, 0.5) is 0 Å². The van der Waals surface area contributed by atoms with Gasteiger partial charge in [0.1, 0.15) is 11.2 Å². The lowest BCUT2D eigenvalue weighted by molar-refractivity contribution is 0.669. The molecule has 0 unspecified atom stereocenters. The van der Waals surface area contributed by atoms with Crippen molar-refractivity contribution in [3.05, 3.63) is 174 Å². The molecule has 0 fully saturated rings. The lowest BCUT2D eigenvalue weighted by Crippen LogP contribution is -2.05. The van der Waals surface area contributed by atoms with Gasteiger partial charge >= 0.3 is 0 Å². The first-order valence-corrected chi connectivity index (χ1v) is 16.0. The summed E-state index contributed by atoms with van der Waals surface area (Å²) in [5.74, 6) is 0.715. The molecule has 1 aliphatic rings. The summed E-state index contributed by atoms with van der Waals surface area (Å²) in [6.07, 6.45) is 0.716. The number of fused-ring (bicyclic) bond motifs is 6. The van der Waals surface area contributed by atoms with Crippen LogP contribution in [0.5, 0.6) is 0 Å². The van der Waals surface area contributed by atoms with E-state index in [4.69, 9.17) is 14.4 Å². The molecule has 7 aromatic carbocycles. The second-order valence-electron chi connectivity index (χ2n) is 12.2. The van der Waals surface area contributed by atoms with E-state index in [1.807, 2.05) is 24.3 Å². The molecule has 3 heteroatoms. The van der Waals surface area contributed by atoms with E-state index in [0.717, 1.165) is 61.2 Å². The van der Waals surface area contributed by atoms with E-state index >= 15 is 0 Å². The van der Waals surface area contributed by atoms with Gasteiger partial charge in [0, 0.05) is 28.3 Å². The zero-order valence-corrected chi connectivity index (χ0v) is 25.9. The van der Waals surface area contributed by atoms with E-state index in [0.29, 0.717) is 12.3 Å². The summed E-state index contributed by atoms with van der Waals surface area (Å²) in [5.41, 5.74) is 10.4. The largest absolute Gasteiger partial charge is 0.456 e. The number of furan rings is 1. The topological polar surface area (TPSA) is 37.9 Å². The van der Waals surface area contributed by atoms with Crippen LogP contribution in [-0.2, 0) is 0 Å². The summed E-state index contributed by atoms with van der Waals surface area (Å²) in [4.78, 5) is 10.6. The molecule has 0 aliphatic carbocycles. The summed E-state index contributed by atoms with van der Waals surface area (Å²) >= 11 is 0. The van der Waals surface area contributed by atoms with E-state index < -0.39 is 0 Å². The van der Waals surface area contributed by atoms with Crippen molar-refractivity contribution in [3.63, 3.8) is 0 Å². The van der Waals surface area contributed by atoms with Crippen molar-refractivity contribution in [3.8, 4) is 11.1 Å². The molecule has 0 spiro atoms. The number of aliphatic imine (C=N–C) groups is 2. The molecular weight excluding hydrogens is 572 g/mol. The van der Waals surface area contributed by atoms with Crippen molar-refractivity contribution in [2.45, 2.75) is 13.3 Å². The summed E-state index contributed by atoms with van der Waals surface area (Å²) in [7, 11) is 0. The highest BCUT2D eigenvalue weighted by molar-refractivity contribution is 6.17. The molecule has 0 amide bonds. The Hall–Kier alpha value is -6.06. The fourth-order valence-corrected chi connectivity index (χ4v) is 6.93. The molecule has 1 aliphatic heterocycles. The second kappa shape index (κ2) is 11.1. The first kappa shape index (κ1) is 27.3. The van der Waals surface area contributed by atoms with E-state index in [1.54, 1.807) is 0 Å². The predicted octanol–water partition coefficient (Wildman–Crippen LogP) is 11.6. The Labute approximate surface area is 272 Å². The number of amidine groups is 1. The van der Waals surface area contributed by atoms with Crippen LogP contribution >= 0.6 is 0 Å². The monoisotopic (exact) mass is 602 g/mol. The fraction of sp³-hybridized carbons (Fsp3) is 0.0455. The van der Waals surface area contributed by atoms with Crippen molar-refractivity contribution in [2.24, 2.45) is 9.98 Å². The van der Waals surface area contributed by atoms with Crippen LogP contribution in [-0.4, -0.2) is 11.5 Å². The maximum atomic E-state index is 6.17. The van der Waals surface area contributed by atoms with Gasteiger partial charge in [0.15, 0.2) is 5.84 Å². The SMILES string of the molecule is CC1=C(c2ccc3ccc4ccccc4c3c2)N=C(c2ccc(-c3cccc4oc5ccccc5c34)cc2)N=C(c2ccccc2)C1. The van der Waals surface area contributed by atoms with Crippen LogP contribution in [0.2, 0.25) is 0 Å². The summed E-state index contributed by atoms with van der Waals surface area (Å²) < 4.78 is 6.17. The fourth-order valence-electron chi connectivity index (χ4n) is 6.93. The van der Waals surface area contributed by atoms with E-state index in [2.05, 4.69) is 134 Å². The maximum Gasteiger partial charge on any atom is 0.160 e. The highest BCUT2D eigenvalue weighted by Crippen LogP contribution is 2.37. The van der Waals surface area contributed by atoms with Gasteiger partial charge in [-0.2, -0.15) is 0 Å². The lowest BCUT2D eigenvalue weighted by Gasteiger charge is -2.11. The Bertz CT molecular complexity index is 2590. The highest BCUT2D eigenvalue weighted by atomic mass is 16.3. The normalized spacial score (nSPS) is 13.7. The third-order valence-corrected chi connectivity index (χ3v) is 9.28. The van der Waals surface area contributed by atoms with Crippen molar-refractivity contribution in [2.75, 3.05) is 0 Å². The van der Waals surface area contributed by atoms with Gasteiger partial charge < -0.3 is 4.42 Å². The molecule has 0 saturated carbocycles. The minimum atomic E-state index is 0.715. The lowest BCUT2D eigenvalue weighted by atomic mass is 9.96. The third-order valence-electron chi connectivity index (χ3n) is 9.28. The molecule has 9 rings (SSSR count). The third kappa shape index (κ3) is 4.76. The van der Waals surface area contributed by atoms with Crippen molar-refractivity contribution >= 4 is 60.7 Å².